The second-order valence-electron chi connectivity index (χ2n) is 3.84. The van der Waals surface area contributed by atoms with E-state index in [1.807, 2.05) is 20.2 Å². The molecule has 0 saturated heterocycles. The molecule has 0 spiro atoms. The summed E-state index contributed by atoms with van der Waals surface area (Å²) < 4.78 is 0. The number of rotatable bonds is 3. The summed E-state index contributed by atoms with van der Waals surface area (Å²) in [5.74, 6) is 1.46. The third-order valence-corrected chi connectivity index (χ3v) is 2.21. The molecule has 2 aromatic heterocycles. The van der Waals surface area contributed by atoms with Crippen LogP contribution < -0.4 is 5.73 Å². The fourth-order valence-electron chi connectivity index (χ4n) is 1.40. The third-order valence-electron chi connectivity index (χ3n) is 2.21. The summed E-state index contributed by atoms with van der Waals surface area (Å²) >= 11 is 0. The van der Waals surface area contributed by atoms with Crippen molar-refractivity contribution in [2.24, 2.45) is 0 Å². The number of fused-ring (bicyclic) bond motifs is 1. The smallest absolute Gasteiger partial charge is 0.179 e. The van der Waals surface area contributed by atoms with E-state index in [2.05, 4.69) is 19.9 Å². The van der Waals surface area contributed by atoms with E-state index in [-0.39, 0.29) is 0 Å². The quantitative estimate of drug-likeness (QED) is 0.771. The number of imidazole rings is 1. The van der Waals surface area contributed by atoms with Gasteiger partial charge in [-0.2, -0.15) is 0 Å². The second-order valence-corrected chi connectivity index (χ2v) is 3.84. The van der Waals surface area contributed by atoms with Gasteiger partial charge in [-0.15, -0.1) is 0 Å². The molecule has 2 aromatic rings. The number of nitrogens with zero attached hydrogens (tertiary/aromatic N) is 3. The number of likely N-dealkylation sites (N-methyl/N-ethyl adjacent to an activating group) is 1. The van der Waals surface area contributed by atoms with E-state index in [1.54, 1.807) is 6.07 Å². The highest BCUT2D eigenvalue weighted by Crippen LogP contribution is 2.11. The summed E-state index contributed by atoms with van der Waals surface area (Å²) in [6.45, 7) is 0.968. The highest BCUT2D eigenvalue weighted by Gasteiger charge is 2.04. The van der Waals surface area contributed by atoms with Crippen LogP contribution in [-0.2, 0) is 6.42 Å². The van der Waals surface area contributed by atoms with Crippen LogP contribution in [0.5, 0.6) is 0 Å². The Bertz CT molecular complexity index is 460. The molecule has 15 heavy (non-hydrogen) atoms. The van der Waals surface area contributed by atoms with Crippen LogP contribution in [0, 0.1) is 0 Å². The number of hydrogen-bond donors (Lipinski definition) is 2. The summed E-state index contributed by atoms with van der Waals surface area (Å²) in [7, 11) is 4.08. The van der Waals surface area contributed by atoms with Crippen molar-refractivity contribution in [3.05, 3.63) is 18.0 Å². The van der Waals surface area contributed by atoms with Crippen LogP contribution >= 0.6 is 0 Å². The minimum atomic E-state index is 0.508. The summed E-state index contributed by atoms with van der Waals surface area (Å²) in [6.07, 6.45) is 0.892. The Hall–Kier alpha value is -1.62. The van der Waals surface area contributed by atoms with Crippen molar-refractivity contribution in [3.63, 3.8) is 0 Å². The Morgan fingerprint density at radius 2 is 2.13 bits per heavy atom. The third kappa shape index (κ3) is 2.24. The molecule has 80 valence electrons. The zero-order valence-electron chi connectivity index (χ0n) is 8.99. The van der Waals surface area contributed by atoms with Crippen molar-refractivity contribution >= 4 is 17.0 Å². The molecule has 2 heterocycles. The standard InChI is InChI=1S/C10H15N5/c1-15(2)6-5-9-12-7-3-4-8(11)13-10(7)14-9/h3-4H,5-6H2,1-2H3,(H3,11,12,13,14). The van der Waals surface area contributed by atoms with Gasteiger partial charge in [-0.1, -0.05) is 0 Å². The first kappa shape index (κ1) is 9.92. The lowest BCUT2D eigenvalue weighted by atomic mass is 10.4. The number of nitrogen functional groups attached to an aromatic ring is 1. The lowest BCUT2D eigenvalue weighted by Gasteiger charge is -2.06. The van der Waals surface area contributed by atoms with Crippen molar-refractivity contribution in [1.29, 1.82) is 0 Å². The predicted molar refractivity (Wildman–Crippen MR) is 60.6 cm³/mol. The van der Waals surface area contributed by atoms with Gasteiger partial charge in [-0.25, -0.2) is 9.97 Å². The first-order chi connectivity index (χ1) is 7.15. The molecule has 0 radical (unpaired) electrons. The Morgan fingerprint density at radius 3 is 2.87 bits per heavy atom. The lowest BCUT2D eigenvalue weighted by molar-refractivity contribution is 0.410. The van der Waals surface area contributed by atoms with Gasteiger partial charge in [0.15, 0.2) is 5.65 Å². The minimum Gasteiger partial charge on any atom is -0.384 e. The summed E-state index contributed by atoms with van der Waals surface area (Å²) in [5.41, 5.74) is 7.22. The molecule has 0 aliphatic carbocycles. The molecule has 0 aromatic carbocycles. The van der Waals surface area contributed by atoms with Gasteiger partial charge in [0.25, 0.3) is 0 Å². The Morgan fingerprint density at radius 1 is 1.33 bits per heavy atom. The fraction of sp³-hybridized carbons (Fsp3) is 0.400. The van der Waals surface area contributed by atoms with E-state index >= 15 is 0 Å². The van der Waals surface area contributed by atoms with E-state index in [9.17, 15) is 0 Å². The van der Waals surface area contributed by atoms with Crippen LogP contribution in [0.1, 0.15) is 5.82 Å². The highest BCUT2D eigenvalue weighted by atomic mass is 15.1. The summed E-state index contributed by atoms with van der Waals surface area (Å²) in [6, 6.07) is 3.68. The van der Waals surface area contributed by atoms with Crippen molar-refractivity contribution in [2.45, 2.75) is 6.42 Å². The lowest BCUT2D eigenvalue weighted by Crippen LogP contribution is -2.15. The van der Waals surface area contributed by atoms with Gasteiger partial charge < -0.3 is 15.6 Å². The van der Waals surface area contributed by atoms with Crippen molar-refractivity contribution < 1.29 is 0 Å². The zero-order chi connectivity index (χ0) is 10.8. The average molecular weight is 205 g/mol. The number of aromatic amines is 1. The molecule has 2 rings (SSSR count). The van der Waals surface area contributed by atoms with Crippen LogP contribution in [0.2, 0.25) is 0 Å². The largest absolute Gasteiger partial charge is 0.384 e. The van der Waals surface area contributed by atoms with E-state index < -0.39 is 0 Å². The summed E-state index contributed by atoms with van der Waals surface area (Å²) in [5, 5.41) is 0. The van der Waals surface area contributed by atoms with Crippen molar-refractivity contribution in [1.82, 2.24) is 19.9 Å². The van der Waals surface area contributed by atoms with E-state index in [4.69, 9.17) is 5.73 Å². The fourth-order valence-corrected chi connectivity index (χ4v) is 1.40. The van der Waals surface area contributed by atoms with Gasteiger partial charge >= 0.3 is 0 Å². The van der Waals surface area contributed by atoms with Crippen molar-refractivity contribution in [2.75, 3.05) is 26.4 Å². The Balaban J connectivity index is 2.23. The molecule has 0 saturated carbocycles. The Labute approximate surface area is 88.3 Å². The first-order valence-electron chi connectivity index (χ1n) is 4.91. The zero-order valence-corrected chi connectivity index (χ0v) is 8.99. The van der Waals surface area contributed by atoms with Gasteiger partial charge in [0.05, 0.1) is 5.52 Å². The number of H-pyrrole nitrogens is 1. The number of hydrogen-bond acceptors (Lipinski definition) is 4. The second kappa shape index (κ2) is 3.86. The maximum absolute atomic E-state index is 5.58. The van der Waals surface area contributed by atoms with Gasteiger partial charge in [0.1, 0.15) is 11.6 Å². The number of pyridine rings is 1. The van der Waals surface area contributed by atoms with E-state index in [1.165, 1.54) is 0 Å². The van der Waals surface area contributed by atoms with Crippen LogP contribution in [0.3, 0.4) is 0 Å². The maximum atomic E-state index is 5.58. The topological polar surface area (TPSA) is 70.8 Å². The van der Waals surface area contributed by atoms with Gasteiger partial charge in [-0.3, -0.25) is 0 Å². The maximum Gasteiger partial charge on any atom is 0.179 e. The number of nitrogens with one attached hydrogen (secondary N) is 1. The van der Waals surface area contributed by atoms with Crippen LogP contribution in [0.4, 0.5) is 5.82 Å². The molecule has 5 heteroatoms. The molecule has 0 unspecified atom stereocenters. The molecule has 0 amide bonds. The van der Waals surface area contributed by atoms with E-state index in [0.717, 1.165) is 24.3 Å². The first-order valence-corrected chi connectivity index (χ1v) is 4.91. The van der Waals surface area contributed by atoms with Gasteiger partial charge in [0.2, 0.25) is 0 Å². The number of aromatic nitrogens is 3. The van der Waals surface area contributed by atoms with Gasteiger partial charge in [0, 0.05) is 13.0 Å². The molecule has 0 aliphatic rings. The van der Waals surface area contributed by atoms with Crippen LogP contribution in [0.15, 0.2) is 12.1 Å². The number of nitrogens with two attached hydrogens (primary N) is 1. The molecule has 5 nitrogen and oxygen atoms in total. The SMILES string of the molecule is CN(C)CCc1nc2nc(N)ccc2[nH]1. The summed E-state index contributed by atoms with van der Waals surface area (Å²) in [4.78, 5) is 13.9. The molecule has 0 fully saturated rings. The molecule has 0 bridgehead atoms. The molecule has 3 N–H and O–H groups in total. The normalized spacial score (nSPS) is 11.4. The Kier molecular flexibility index (Phi) is 2.55. The highest BCUT2D eigenvalue weighted by molar-refractivity contribution is 5.72. The van der Waals surface area contributed by atoms with Crippen LogP contribution in [-0.4, -0.2) is 40.5 Å². The molecular weight excluding hydrogens is 190 g/mol. The number of anilines is 1. The van der Waals surface area contributed by atoms with Crippen LogP contribution in [0.25, 0.3) is 11.2 Å². The average Bonchev–Trinajstić information content (AvgIpc) is 2.56. The van der Waals surface area contributed by atoms with E-state index in [0.29, 0.717) is 11.5 Å². The molecule has 0 aliphatic heterocycles. The van der Waals surface area contributed by atoms with Gasteiger partial charge in [-0.05, 0) is 26.2 Å². The monoisotopic (exact) mass is 205 g/mol. The molecule has 0 atom stereocenters. The minimum absolute atomic E-state index is 0.508. The molecular formula is C10H15N5. The predicted octanol–water partition coefficient (Wildman–Crippen LogP) is 0.644. The van der Waals surface area contributed by atoms with Crippen molar-refractivity contribution in [3.8, 4) is 0 Å².